The summed E-state index contributed by atoms with van der Waals surface area (Å²) in [5.74, 6) is 0.311. The predicted molar refractivity (Wildman–Crippen MR) is 60.2 cm³/mol. The molecule has 0 unspecified atom stereocenters. The van der Waals surface area contributed by atoms with Crippen LogP contribution in [0.3, 0.4) is 0 Å². The van der Waals surface area contributed by atoms with E-state index < -0.39 is 0 Å². The Morgan fingerprint density at radius 3 is 2.67 bits per heavy atom. The average Bonchev–Trinajstić information content (AvgIpc) is 2.68. The molecule has 2 aliphatic rings. The number of nitrogens with zero attached hydrogens (tertiary/aromatic N) is 1. The van der Waals surface area contributed by atoms with Crippen LogP contribution in [0.2, 0.25) is 0 Å². The Hall–Kier alpha value is -1.31. The number of rotatable bonds is 1. The summed E-state index contributed by atoms with van der Waals surface area (Å²) in [7, 11) is 0. The van der Waals surface area contributed by atoms with Gasteiger partial charge in [-0.05, 0) is 36.0 Å². The van der Waals surface area contributed by atoms with E-state index in [1.54, 1.807) is 0 Å². The molecule has 0 atom stereocenters. The highest BCUT2D eigenvalue weighted by Crippen LogP contribution is 2.37. The number of carbonyl (C=O) groups is 1. The van der Waals surface area contributed by atoms with Crippen LogP contribution in [0.1, 0.15) is 30.0 Å². The van der Waals surface area contributed by atoms with Crippen molar-refractivity contribution in [1.29, 1.82) is 0 Å². The maximum Gasteiger partial charge on any atom is 0.227 e. The fourth-order valence-corrected chi connectivity index (χ4v) is 2.73. The summed E-state index contributed by atoms with van der Waals surface area (Å²) in [6.07, 6.45) is 3.77. The van der Waals surface area contributed by atoms with Gasteiger partial charge in [-0.1, -0.05) is 19.1 Å². The summed E-state index contributed by atoms with van der Waals surface area (Å²) in [5.41, 5.74) is 5.43. The fraction of sp³-hybridized carbons (Fsp3) is 0.462. The monoisotopic (exact) mass is 201 g/mol. The smallest absolute Gasteiger partial charge is 0.227 e. The third-order valence-corrected chi connectivity index (χ3v) is 3.52. The largest absolute Gasteiger partial charge is 0.312 e. The van der Waals surface area contributed by atoms with Crippen molar-refractivity contribution in [2.45, 2.75) is 32.6 Å². The first-order valence-electron chi connectivity index (χ1n) is 5.74. The fourth-order valence-electron chi connectivity index (χ4n) is 2.73. The van der Waals surface area contributed by atoms with E-state index in [1.807, 2.05) is 4.90 Å². The van der Waals surface area contributed by atoms with E-state index in [4.69, 9.17) is 0 Å². The summed E-state index contributed by atoms with van der Waals surface area (Å²) in [6.45, 7) is 3.09. The predicted octanol–water partition coefficient (Wildman–Crippen LogP) is 2.08. The Labute approximate surface area is 89.9 Å². The number of hydrogen-bond acceptors (Lipinski definition) is 1. The summed E-state index contributed by atoms with van der Waals surface area (Å²) in [6, 6.07) is 4.56. The summed E-state index contributed by atoms with van der Waals surface area (Å²) >= 11 is 0. The number of hydrogen-bond donors (Lipinski definition) is 0. The third kappa shape index (κ3) is 1.21. The van der Waals surface area contributed by atoms with Crippen molar-refractivity contribution >= 4 is 11.6 Å². The second kappa shape index (κ2) is 3.09. The molecule has 1 aromatic carbocycles. The van der Waals surface area contributed by atoms with E-state index in [1.165, 1.54) is 22.4 Å². The highest BCUT2D eigenvalue weighted by molar-refractivity contribution is 5.98. The number of aryl methyl sites for hydroxylation is 2. The first kappa shape index (κ1) is 8.96. The van der Waals surface area contributed by atoms with Crippen LogP contribution in [-0.4, -0.2) is 12.5 Å². The molecule has 1 aromatic rings. The van der Waals surface area contributed by atoms with Crippen LogP contribution in [0.15, 0.2) is 12.1 Å². The van der Waals surface area contributed by atoms with Crippen molar-refractivity contribution in [2.24, 2.45) is 0 Å². The lowest BCUT2D eigenvalue weighted by molar-refractivity contribution is -0.118. The summed E-state index contributed by atoms with van der Waals surface area (Å²) < 4.78 is 0. The quantitative estimate of drug-likeness (QED) is 0.681. The van der Waals surface area contributed by atoms with Crippen molar-refractivity contribution in [1.82, 2.24) is 0 Å². The minimum atomic E-state index is 0.311. The van der Waals surface area contributed by atoms with Gasteiger partial charge < -0.3 is 4.90 Å². The molecular weight excluding hydrogens is 186 g/mol. The molecule has 3 rings (SSSR count). The molecule has 0 aliphatic carbocycles. The highest BCUT2D eigenvalue weighted by Gasteiger charge is 2.30. The SMILES string of the molecule is CCc1cc2c3c(c1)CCN3C(=O)CC2. The molecule has 0 bridgehead atoms. The van der Waals surface area contributed by atoms with Gasteiger partial charge in [0, 0.05) is 13.0 Å². The zero-order valence-electron chi connectivity index (χ0n) is 9.05. The van der Waals surface area contributed by atoms with E-state index in [-0.39, 0.29) is 0 Å². The Kier molecular flexibility index (Phi) is 1.84. The Bertz CT molecular complexity index is 436. The third-order valence-electron chi connectivity index (χ3n) is 3.52. The van der Waals surface area contributed by atoms with Crippen LogP contribution in [-0.2, 0) is 24.1 Å². The lowest BCUT2D eigenvalue weighted by atomic mass is 9.96. The van der Waals surface area contributed by atoms with Gasteiger partial charge in [0.15, 0.2) is 0 Å². The molecule has 1 amide bonds. The highest BCUT2D eigenvalue weighted by atomic mass is 16.2. The molecule has 0 N–H and O–H groups in total. The van der Waals surface area contributed by atoms with E-state index >= 15 is 0 Å². The van der Waals surface area contributed by atoms with Gasteiger partial charge in [-0.15, -0.1) is 0 Å². The molecule has 0 aromatic heterocycles. The minimum absolute atomic E-state index is 0.311. The molecular formula is C13H15NO. The summed E-state index contributed by atoms with van der Waals surface area (Å²) in [4.78, 5) is 13.7. The standard InChI is InChI=1S/C13H15NO/c1-2-9-7-10-3-4-12(15)14-6-5-11(8-9)13(10)14/h7-8H,2-6H2,1H3. The topological polar surface area (TPSA) is 20.3 Å². The molecule has 2 heteroatoms. The van der Waals surface area contributed by atoms with E-state index in [0.29, 0.717) is 12.3 Å². The van der Waals surface area contributed by atoms with Crippen molar-refractivity contribution in [3.63, 3.8) is 0 Å². The molecule has 0 saturated heterocycles. The Morgan fingerprint density at radius 1 is 1.20 bits per heavy atom. The maximum atomic E-state index is 11.7. The van der Waals surface area contributed by atoms with Crippen LogP contribution >= 0.6 is 0 Å². The first-order chi connectivity index (χ1) is 7.29. The molecule has 0 spiro atoms. The molecule has 2 heterocycles. The van der Waals surface area contributed by atoms with Crippen molar-refractivity contribution in [2.75, 3.05) is 11.4 Å². The van der Waals surface area contributed by atoms with Gasteiger partial charge in [0.1, 0.15) is 0 Å². The molecule has 78 valence electrons. The van der Waals surface area contributed by atoms with Gasteiger partial charge in [0.2, 0.25) is 5.91 Å². The van der Waals surface area contributed by atoms with Crippen molar-refractivity contribution in [3.8, 4) is 0 Å². The van der Waals surface area contributed by atoms with Crippen LogP contribution in [0.25, 0.3) is 0 Å². The second-order valence-corrected chi connectivity index (χ2v) is 4.41. The van der Waals surface area contributed by atoms with Gasteiger partial charge in [-0.25, -0.2) is 0 Å². The number of benzene rings is 1. The minimum Gasteiger partial charge on any atom is -0.312 e. The van der Waals surface area contributed by atoms with Crippen molar-refractivity contribution < 1.29 is 4.79 Å². The van der Waals surface area contributed by atoms with Crippen LogP contribution in [0.4, 0.5) is 5.69 Å². The van der Waals surface area contributed by atoms with E-state index in [2.05, 4.69) is 19.1 Å². The lowest BCUT2D eigenvalue weighted by Gasteiger charge is -2.25. The molecule has 0 fully saturated rings. The molecule has 2 nitrogen and oxygen atoms in total. The summed E-state index contributed by atoms with van der Waals surface area (Å²) in [5, 5.41) is 0. The number of amides is 1. The Balaban J connectivity index is 2.18. The normalized spacial score (nSPS) is 18.2. The van der Waals surface area contributed by atoms with Gasteiger partial charge in [-0.2, -0.15) is 0 Å². The van der Waals surface area contributed by atoms with Gasteiger partial charge in [0.05, 0.1) is 5.69 Å². The molecule has 0 radical (unpaired) electrons. The van der Waals surface area contributed by atoms with Gasteiger partial charge >= 0.3 is 0 Å². The Morgan fingerprint density at radius 2 is 1.93 bits per heavy atom. The second-order valence-electron chi connectivity index (χ2n) is 4.41. The average molecular weight is 201 g/mol. The zero-order chi connectivity index (χ0) is 10.4. The molecule has 15 heavy (non-hydrogen) atoms. The van der Waals surface area contributed by atoms with Crippen molar-refractivity contribution in [3.05, 3.63) is 28.8 Å². The van der Waals surface area contributed by atoms with Gasteiger partial charge in [0.25, 0.3) is 0 Å². The van der Waals surface area contributed by atoms with Crippen LogP contribution in [0.5, 0.6) is 0 Å². The van der Waals surface area contributed by atoms with E-state index in [0.717, 1.165) is 25.8 Å². The van der Waals surface area contributed by atoms with Crippen LogP contribution in [0, 0.1) is 0 Å². The maximum absolute atomic E-state index is 11.7. The van der Waals surface area contributed by atoms with Crippen LogP contribution < -0.4 is 4.90 Å². The number of carbonyl (C=O) groups excluding carboxylic acids is 1. The lowest BCUT2D eigenvalue weighted by Crippen LogP contribution is -2.32. The molecule has 2 aliphatic heterocycles. The van der Waals surface area contributed by atoms with E-state index in [9.17, 15) is 4.79 Å². The molecule has 0 saturated carbocycles. The zero-order valence-corrected chi connectivity index (χ0v) is 9.05. The first-order valence-corrected chi connectivity index (χ1v) is 5.74. The number of anilines is 1. The van der Waals surface area contributed by atoms with Gasteiger partial charge in [-0.3, -0.25) is 4.79 Å².